The molecule has 1 aromatic carbocycles. The first-order chi connectivity index (χ1) is 8.36. The van der Waals surface area contributed by atoms with Crippen LogP contribution in [0.1, 0.15) is 12.5 Å². The van der Waals surface area contributed by atoms with Crippen LogP contribution in [0, 0.1) is 0 Å². The van der Waals surface area contributed by atoms with E-state index in [2.05, 4.69) is 51.1 Å². The maximum atomic E-state index is 4.43. The molecule has 2 aromatic heterocycles. The van der Waals surface area contributed by atoms with E-state index in [0.717, 1.165) is 23.3 Å². The molecule has 84 valence electrons. The van der Waals surface area contributed by atoms with Crippen molar-refractivity contribution in [3.05, 3.63) is 42.4 Å². The SMILES string of the molecule is CCc1ccc(-c2nc3ncncc3[nH]2)cc1. The van der Waals surface area contributed by atoms with E-state index in [-0.39, 0.29) is 0 Å². The van der Waals surface area contributed by atoms with Crippen LogP contribution < -0.4 is 0 Å². The van der Waals surface area contributed by atoms with Gasteiger partial charge in [-0.15, -0.1) is 0 Å². The Hall–Kier alpha value is -2.23. The first kappa shape index (κ1) is 9.96. The van der Waals surface area contributed by atoms with Crippen molar-refractivity contribution in [1.82, 2.24) is 19.9 Å². The second-order valence-electron chi connectivity index (χ2n) is 3.90. The maximum Gasteiger partial charge on any atom is 0.181 e. The number of rotatable bonds is 2. The van der Waals surface area contributed by atoms with Crippen molar-refractivity contribution in [2.75, 3.05) is 0 Å². The van der Waals surface area contributed by atoms with Crippen molar-refractivity contribution in [1.29, 1.82) is 0 Å². The van der Waals surface area contributed by atoms with E-state index in [4.69, 9.17) is 0 Å². The van der Waals surface area contributed by atoms with E-state index in [1.54, 1.807) is 6.20 Å². The fraction of sp³-hybridized carbons (Fsp3) is 0.154. The first-order valence-corrected chi connectivity index (χ1v) is 5.62. The fourth-order valence-corrected chi connectivity index (χ4v) is 1.80. The third kappa shape index (κ3) is 1.78. The number of benzene rings is 1. The molecule has 0 saturated heterocycles. The highest BCUT2D eigenvalue weighted by Crippen LogP contribution is 2.19. The second-order valence-corrected chi connectivity index (χ2v) is 3.90. The molecule has 2 heterocycles. The lowest BCUT2D eigenvalue weighted by Crippen LogP contribution is -1.83. The summed E-state index contributed by atoms with van der Waals surface area (Å²) in [5.74, 6) is 0.836. The van der Waals surface area contributed by atoms with Crippen LogP contribution in [0.25, 0.3) is 22.6 Å². The van der Waals surface area contributed by atoms with Crippen LogP contribution in [0.2, 0.25) is 0 Å². The molecule has 17 heavy (non-hydrogen) atoms. The number of aryl methyl sites for hydroxylation is 1. The van der Waals surface area contributed by atoms with E-state index >= 15 is 0 Å². The van der Waals surface area contributed by atoms with Crippen molar-refractivity contribution in [2.45, 2.75) is 13.3 Å². The van der Waals surface area contributed by atoms with Gasteiger partial charge in [0, 0.05) is 5.56 Å². The summed E-state index contributed by atoms with van der Waals surface area (Å²) >= 11 is 0. The van der Waals surface area contributed by atoms with Crippen molar-refractivity contribution in [2.24, 2.45) is 0 Å². The summed E-state index contributed by atoms with van der Waals surface area (Å²) in [7, 11) is 0. The van der Waals surface area contributed by atoms with Crippen LogP contribution in [-0.4, -0.2) is 19.9 Å². The molecule has 0 saturated carbocycles. The second kappa shape index (κ2) is 3.97. The van der Waals surface area contributed by atoms with Gasteiger partial charge in [-0.05, 0) is 12.0 Å². The van der Waals surface area contributed by atoms with E-state index in [9.17, 15) is 0 Å². The number of nitrogens with zero attached hydrogens (tertiary/aromatic N) is 3. The van der Waals surface area contributed by atoms with Crippen LogP contribution in [0.4, 0.5) is 0 Å². The normalized spacial score (nSPS) is 10.9. The number of hydrogen-bond donors (Lipinski definition) is 1. The summed E-state index contributed by atoms with van der Waals surface area (Å²) in [5, 5.41) is 0. The molecule has 4 heteroatoms. The van der Waals surface area contributed by atoms with Crippen LogP contribution >= 0.6 is 0 Å². The molecule has 0 aliphatic carbocycles. The molecule has 0 radical (unpaired) electrons. The Kier molecular flexibility index (Phi) is 2.33. The zero-order valence-corrected chi connectivity index (χ0v) is 9.51. The lowest BCUT2D eigenvalue weighted by Gasteiger charge is -1.98. The van der Waals surface area contributed by atoms with Gasteiger partial charge in [0.1, 0.15) is 17.7 Å². The largest absolute Gasteiger partial charge is 0.335 e. The Bertz CT molecular complexity index is 607. The van der Waals surface area contributed by atoms with Crippen LogP contribution in [0.5, 0.6) is 0 Å². The summed E-state index contributed by atoms with van der Waals surface area (Å²) in [6.07, 6.45) is 4.29. The first-order valence-electron chi connectivity index (χ1n) is 5.62. The fourth-order valence-electron chi connectivity index (χ4n) is 1.80. The average Bonchev–Trinajstić information content (AvgIpc) is 2.82. The van der Waals surface area contributed by atoms with E-state index in [1.165, 1.54) is 11.9 Å². The molecule has 1 N–H and O–H groups in total. The van der Waals surface area contributed by atoms with Gasteiger partial charge in [-0.25, -0.2) is 15.0 Å². The van der Waals surface area contributed by atoms with Gasteiger partial charge in [0.05, 0.1) is 6.20 Å². The third-order valence-corrected chi connectivity index (χ3v) is 2.80. The topological polar surface area (TPSA) is 54.5 Å². The maximum absolute atomic E-state index is 4.43. The van der Waals surface area contributed by atoms with E-state index in [1.807, 2.05) is 0 Å². The van der Waals surface area contributed by atoms with Gasteiger partial charge in [-0.3, -0.25) is 0 Å². The quantitative estimate of drug-likeness (QED) is 0.727. The standard InChI is InChI=1S/C13H12N4/c1-2-9-3-5-10(6-4-9)12-16-11-7-14-8-15-13(11)17-12/h3-8H,2H2,1H3,(H,14,15,16,17). The molecule has 0 bridgehead atoms. The molecule has 3 rings (SSSR count). The van der Waals surface area contributed by atoms with E-state index in [0.29, 0.717) is 5.65 Å². The van der Waals surface area contributed by atoms with E-state index < -0.39 is 0 Å². The number of nitrogens with one attached hydrogen (secondary N) is 1. The lowest BCUT2D eigenvalue weighted by atomic mass is 10.1. The minimum absolute atomic E-state index is 0.703. The molecule has 4 nitrogen and oxygen atoms in total. The Morgan fingerprint density at radius 3 is 2.71 bits per heavy atom. The molecule has 3 aromatic rings. The number of imidazole rings is 1. The molecule has 0 atom stereocenters. The number of fused-ring (bicyclic) bond motifs is 1. The van der Waals surface area contributed by atoms with Crippen molar-refractivity contribution >= 4 is 11.2 Å². The summed E-state index contributed by atoms with van der Waals surface area (Å²) < 4.78 is 0. The van der Waals surface area contributed by atoms with Gasteiger partial charge in [0.15, 0.2) is 5.65 Å². The predicted octanol–water partition coefficient (Wildman–Crippen LogP) is 2.58. The molecular weight excluding hydrogens is 212 g/mol. The van der Waals surface area contributed by atoms with Crippen molar-refractivity contribution in [3.63, 3.8) is 0 Å². The summed E-state index contributed by atoms with van der Waals surface area (Å²) in [6, 6.07) is 8.39. The van der Waals surface area contributed by atoms with Gasteiger partial charge in [-0.1, -0.05) is 31.2 Å². The van der Waals surface area contributed by atoms with Crippen LogP contribution in [-0.2, 0) is 6.42 Å². The van der Waals surface area contributed by atoms with Crippen LogP contribution in [0.3, 0.4) is 0 Å². The van der Waals surface area contributed by atoms with Gasteiger partial charge < -0.3 is 4.98 Å². The Morgan fingerprint density at radius 1 is 1.18 bits per heavy atom. The zero-order valence-electron chi connectivity index (χ0n) is 9.51. The Labute approximate surface area is 98.8 Å². The van der Waals surface area contributed by atoms with Gasteiger partial charge >= 0.3 is 0 Å². The summed E-state index contributed by atoms with van der Waals surface area (Å²) in [4.78, 5) is 15.7. The lowest BCUT2D eigenvalue weighted by molar-refractivity contribution is 1.14. The van der Waals surface area contributed by atoms with Crippen molar-refractivity contribution < 1.29 is 0 Å². The van der Waals surface area contributed by atoms with Gasteiger partial charge in [0.2, 0.25) is 0 Å². The molecular formula is C13H12N4. The number of H-pyrrole nitrogens is 1. The molecule has 0 unspecified atom stereocenters. The third-order valence-electron chi connectivity index (χ3n) is 2.80. The smallest absolute Gasteiger partial charge is 0.181 e. The summed E-state index contributed by atoms with van der Waals surface area (Å²) in [6.45, 7) is 2.14. The highest BCUT2D eigenvalue weighted by molar-refractivity contribution is 5.74. The zero-order chi connectivity index (χ0) is 11.7. The number of aromatic amines is 1. The monoisotopic (exact) mass is 224 g/mol. The predicted molar refractivity (Wildman–Crippen MR) is 66.5 cm³/mol. The van der Waals surface area contributed by atoms with Gasteiger partial charge in [-0.2, -0.15) is 0 Å². The molecule has 0 spiro atoms. The summed E-state index contributed by atoms with van der Waals surface area (Å²) in [5.41, 5.74) is 3.96. The Balaban J connectivity index is 2.07. The van der Waals surface area contributed by atoms with Crippen molar-refractivity contribution in [3.8, 4) is 11.4 Å². The highest BCUT2D eigenvalue weighted by atomic mass is 15.0. The highest BCUT2D eigenvalue weighted by Gasteiger charge is 2.05. The number of aromatic nitrogens is 4. The number of hydrogen-bond acceptors (Lipinski definition) is 3. The van der Waals surface area contributed by atoms with Gasteiger partial charge in [0.25, 0.3) is 0 Å². The molecule has 0 aliphatic rings. The molecule has 0 aliphatic heterocycles. The minimum atomic E-state index is 0.703. The van der Waals surface area contributed by atoms with Crippen LogP contribution in [0.15, 0.2) is 36.8 Å². The minimum Gasteiger partial charge on any atom is -0.335 e. The Morgan fingerprint density at radius 2 is 2.00 bits per heavy atom. The molecule has 0 fully saturated rings. The molecule has 0 amide bonds. The average molecular weight is 224 g/mol.